The molecular weight excluding hydrogens is 242 g/mol. The van der Waals surface area contributed by atoms with Crippen LogP contribution < -0.4 is 11.1 Å². The Morgan fingerprint density at radius 3 is 2.47 bits per heavy atom. The van der Waals surface area contributed by atoms with E-state index in [4.69, 9.17) is 5.73 Å². The molecule has 1 fully saturated rings. The van der Waals surface area contributed by atoms with E-state index in [2.05, 4.69) is 12.2 Å². The van der Waals surface area contributed by atoms with Crippen molar-refractivity contribution in [1.29, 1.82) is 0 Å². The number of carbonyl (C=O) groups excluding carboxylic acids is 2. The lowest BCUT2D eigenvalue weighted by atomic mass is 9.90. The Hall–Kier alpha value is -1.10. The van der Waals surface area contributed by atoms with Gasteiger partial charge in [-0.2, -0.15) is 0 Å². The van der Waals surface area contributed by atoms with E-state index in [0.29, 0.717) is 19.5 Å². The van der Waals surface area contributed by atoms with Crippen molar-refractivity contribution in [2.45, 2.75) is 40.5 Å². The van der Waals surface area contributed by atoms with Crippen LogP contribution in [0, 0.1) is 10.8 Å². The fourth-order valence-corrected chi connectivity index (χ4v) is 2.23. The van der Waals surface area contributed by atoms with E-state index >= 15 is 0 Å². The van der Waals surface area contributed by atoms with Crippen molar-refractivity contribution in [2.24, 2.45) is 16.6 Å². The summed E-state index contributed by atoms with van der Waals surface area (Å²) in [6, 6.07) is 0. The van der Waals surface area contributed by atoms with Crippen molar-refractivity contribution in [2.75, 3.05) is 26.2 Å². The SMILES string of the molecule is CC(C)(C)CC(=O)NCC(=O)N1CCC(C)(CN)C1. The average molecular weight is 269 g/mol. The molecule has 5 nitrogen and oxygen atoms in total. The van der Waals surface area contributed by atoms with Gasteiger partial charge in [0.25, 0.3) is 0 Å². The van der Waals surface area contributed by atoms with Crippen LogP contribution in [-0.2, 0) is 9.59 Å². The summed E-state index contributed by atoms with van der Waals surface area (Å²) in [5.41, 5.74) is 5.69. The number of likely N-dealkylation sites (tertiary alicyclic amines) is 1. The summed E-state index contributed by atoms with van der Waals surface area (Å²) in [6.07, 6.45) is 1.37. The predicted molar refractivity (Wildman–Crippen MR) is 75.4 cm³/mol. The zero-order valence-electron chi connectivity index (χ0n) is 12.6. The topological polar surface area (TPSA) is 75.4 Å². The van der Waals surface area contributed by atoms with Crippen LogP contribution in [0.3, 0.4) is 0 Å². The van der Waals surface area contributed by atoms with E-state index < -0.39 is 0 Å². The molecule has 0 aromatic carbocycles. The van der Waals surface area contributed by atoms with Crippen LogP contribution in [0.25, 0.3) is 0 Å². The Labute approximate surface area is 115 Å². The Balaban J connectivity index is 2.35. The smallest absolute Gasteiger partial charge is 0.241 e. The zero-order valence-corrected chi connectivity index (χ0v) is 12.6. The molecule has 1 heterocycles. The third-order valence-corrected chi connectivity index (χ3v) is 3.53. The minimum absolute atomic E-state index is 0.0144. The summed E-state index contributed by atoms with van der Waals surface area (Å²) in [4.78, 5) is 25.4. The maximum atomic E-state index is 12.0. The van der Waals surface area contributed by atoms with Gasteiger partial charge >= 0.3 is 0 Å². The second-order valence-electron chi connectivity index (χ2n) is 7.09. The van der Waals surface area contributed by atoms with Gasteiger partial charge in [0.05, 0.1) is 6.54 Å². The summed E-state index contributed by atoms with van der Waals surface area (Å²) < 4.78 is 0. The van der Waals surface area contributed by atoms with Gasteiger partial charge in [0.15, 0.2) is 0 Å². The molecule has 0 bridgehead atoms. The van der Waals surface area contributed by atoms with Gasteiger partial charge < -0.3 is 16.0 Å². The molecule has 110 valence electrons. The van der Waals surface area contributed by atoms with Gasteiger partial charge in [-0.25, -0.2) is 0 Å². The lowest BCUT2D eigenvalue weighted by molar-refractivity contribution is -0.132. The fraction of sp³-hybridized carbons (Fsp3) is 0.857. The molecule has 1 rings (SSSR count). The Morgan fingerprint density at radius 2 is 2.00 bits per heavy atom. The number of carbonyl (C=O) groups is 2. The molecule has 0 saturated carbocycles. The minimum Gasteiger partial charge on any atom is -0.347 e. The summed E-state index contributed by atoms with van der Waals surface area (Å²) in [7, 11) is 0. The molecule has 1 aliphatic heterocycles. The fourth-order valence-electron chi connectivity index (χ4n) is 2.23. The van der Waals surface area contributed by atoms with Crippen LogP contribution in [-0.4, -0.2) is 42.9 Å². The number of amides is 2. The van der Waals surface area contributed by atoms with E-state index in [1.807, 2.05) is 20.8 Å². The van der Waals surface area contributed by atoms with Crippen molar-refractivity contribution in [3.05, 3.63) is 0 Å². The zero-order chi connectivity index (χ0) is 14.7. The third-order valence-electron chi connectivity index (χ3n) is 3.53. The molecule has 0 aromatic heterocycles. The highest BCUT2D eigenvalue weighted by Gasteiger charge is 2.34. The molecule has 0 radical (unpaired) electrons. The van der Waals surface area contributed by atoms with Crippen LogP contribution in [0.1, 0.15) is 40.5 Å². The highest BCUT2D eigenvalue weighted by atomic mass is 16.2. The molecule has 1 unspecified atom stereocenters. The number of nitrogens with zero attached hydrogens (tertiary/aromatic N) is 1. The lowest BCUT2D eigenvalue weighted by Crippen LogP contribution is -2.41. The van der Waals surface area contributed by atoms with Gasteiger partial charge in [0, 0.05) is 19.5 Å². The second kappa shape index (κ2) is 5.90. The quantitative estimate of drug-likeness (QED) is 0.790. The normalized spacial score (nSPS) is 23.5. The van der Waals surface area contributed by atoms with Crippen molar-refractivity contribution in [3.8, 4) is 0 Å². The van der Waals surface area contributed by atoms with E-state index in [-0.39, 0.29) is 29.2 Å². The van der Waals surface area contributed by atoms with Gasteiger partial charge in [-0.15, -0.1) is 0 Å². The molecule has 0 aliphatic carbocycles. The molecule has 1 saturated heterocycles. The first-order chi connectivity index (χ1) is 8.65. The Bertz CT molecular complexity index is 349. The number of nitrogens with two attached hydrogens (primary N) is 1. The van der Waals surface area contributed by atoms with Gasteiger partial charge in [0.1, 0.15) is 0 Å². The van der Waals surface area contributed by atoms with E-state index in [1.54, 1.807) is 4.90 Å². The van der Waals surface area contributed by atoms with E-state index in [9.17, 15) is 9.59 Å². The molecule has 0 aromatic rings. The van der Waals surface area contributed by atoms with Crippen LogP contribution in [0.15, 0.2) is 0 Å². The standard InChI is InChI=1S/C14H27N3O2/c1-13(2,3)7-11(18)16-8-12(19)17-6-5-14(4,9-15)10-17/h5-10,15H2,1-4H3,(H,16,18). The van der Waals surface area contributed by atoms with Crippen molar-refractivity contribution < 1.29 is 9.59 Å². The Morgan fingerprint density at radius 1 is 1.37 bits per heavy atom. The molecule has 0 spiro atoms. The van der Waals surface area contributed by atoms with Gasteiger partial charge in [-0.1, -0.05) is 27.7 Å². The molecule has 19 heavy (non-hydrogen) atoms. The van der Waals surface area contributed by atoms with Crippen LogP contribution in [0.5, 0.6) is 0 Å². The highest BCUT2D eigenvalue weighted by molar-refractivity contribution is 5.85. The lowest BCUT2D eigenvalue weighted by Gasteiger charge is -2.23. The summed E-state index contributed by atoms with van der Waals surface area (Å²) in [6.45, 7) is 10.2. The molecule has 1 atom stereocenters. The first-order valence-corrected chi connectivity index (χ1v) is 6.90. The van der Waals surface area contributed by atoms with Gasteiger partial charge in [0.2, 0.25) is 11.8 Å². The third kappa shape index (κ3) is 5.19. The largest absolute Gasteiger partial charge is 0.347 e. The number of hydrogen-bond acceptors (Lipinski definition) is 3. The van der Waals surface area contributed by atoms with E-state index in [1.165, 1.54) is 0 Å². The number of hydrogen-bond donors (Lipinski definition) is 2. The van der Waals surface area contributed by atoms with Gasteiger partial charge in [-0.3, -0.25) is 9.59 Å². The van der Waals surface area contributed by atoms with Crippen LogP contribution in [0.4, 0.5) is 0 Å². The molecule has 1 aliphatic rings. The first-order valence-electron chi connectivity index (χ1n) is 6.90. The molecular formula is C14H27N3O2. The molecule has 5 heteroatoms. The molecule has 3 N–H and O–H groups in total. The molecule has 2 amide bonds. The average Bonchev–Trinajstić information content (AvgIpc) is 2.67. The summed E-state index contributed by atoms with van der Waals surface area (Å²) in [5, 5.41) is 2.70. The van der Waals surface area contributed by atoms with E-state index in [0.717, 1.165) is 13.0 Å². The van der Waals surface area contributed by atoms with Crippen molar-refractivity contribution in [3.63, 3.8) is 0 Å². The summed E-state index contributed by atoms with van der Waals surface area (Å²) >= 11 is 0. The second-order valence-corrected chi connectivity index (χ2v) is 7.09. The number of rotatable bonds is 4. The first kappa shape index (κ1) is 16.0. The predicted octanol–water partition coefficient (Wildman–Crippen LogP) is 0.736. The van der Waals surface area contributed by atoms with Gasteiger partial charge in [-0.05, 0) is 23.8 Å². The summed E-state index contributed by atoms with van der Waals surface area (Å²) in [5.74, 6) is -0.0823. The number of nitrogens with one attached hydrogen (secondary N) is 1. The maximum absolute atomic E-state index is 12.0. The monoisotopic (exact) mass is 269 g/mol. The van der Waals surface area contributed by atoms with Crippen molar-refractivity contribution >= 4 is 11.8 Å². The minimum atomic E-state index is -0.0679. The van der Waals surface area contributed by atoms with Crippen LogP contribution in [0.2, 0.25) is 0 Å². The van der Waals surface area contributed by atoms with Crippen molar-refractivity contribution in [1.82, 2.24) is 10.2 Å². The maximum Gasteiger partial charge on any atom is 0.241 e. The van der Waals surface area contributed by atoms with Crippen LogP contribution >= 0.6 is 0 Å². The highest BCUT2D eigenvalue weighted by Crippen LogP contribution is 2.28. The Kier molecular flexibility index (Phi) is 4.96.